The molecule has 4 rings (SSSR count). The van der Waals surface area contributed by atoms with Crippen LogP contribution in [0.15, 0.2) is 47.5 Å². The van der Waals surface area contributed by atoms with Gasteiger partial charge in [0.05, 0.1) is 30.5 Å². The summed E-state index contributed by atoms with van der Waals surface area (Å²) in [6.45, 7) is 3.38. The van der Waals surface area contributed by atoms with Gasteiger partial charge in [0, 0.05) is 49.8 Å². The van der Waals surface area contributed by atoms with E-state index in [0.29, 0.717) is 6.61 Å². The first kappa shape index (κ1) is 16.3. The van der Waals surface area contributed by atoms with Crippen molar-refractivity contribution in [3.05, 3.63) is 48.7 Å². The van der Waals surface area contributed by atoms with E-state index < -0.39 is 0 Å². The lowest BCUT2D eigenvalue weighted by Gasteiger charge is -2.44. The third-order valence-electron chi connectivity index (χ3n) is 5.21. The predicted molar refractivity (Wildman–Crippen MR) is 92.8 cm³/mol. The Balaban J connectivity index is 1.43. The lowest BCUT2D eigenvalue weighted by Crippen LogP contribution is -2.52. The highest BCUT2D eigenvalue weighted by Gasteiger charge is 2.41. The van der Waals surface area contributed by atoms with E-state index in [4.69, 9.17) is 9.15 Å². The molecule has 1 amide bonds. The van der Waals surface area contributed by atoms with Gasteiger partial charge in [-0.25, -0.2) is 0 Å². The highest BCUT2D eigenvalue weighted by atomic mass is 16.5. The number of carbonyl (C=O) groups excluding carboxylic acids is 1. The molecule has 0 bridgehead atoms. The van der Waals surface area contributed by atoms with Crippen molar-refractivity contribution in [3.63, 3.8) is 0 Å². The molecular weight excluding hydrogens is 318 g/mol. The summed E-state index contributed by atoms with van der Waals surface area (Å²) >= 11 is 0. The topological polar surface area (TPSA) is 67.6 Å². The first-order valence-electron chi connectivity index (χ1n) is 8.85. The van der Waals surface area contributed by atoms with Crippen molar-refractivity contribution in [1.29, 1.82) is 0 Å². The maximum absolute atomic E-state index is 12.8. The Morgan fingerprint density at radius 3 is 3.12 bits per heavy atom. The first-order valence-corrected chi connectivity index (χ1v) is 8.85. The number of pyridine rings is 1. The monoisotopic (exact) mass is 341 g/mol. The number of fused-ring (bicyclic) bond motifs is 1. The minimum absolute atomic E-state index is 0.0221. The predicted octanol–water partition coefficient (Wildman–Crippen LogP) is 2.54. The number of aromatic nitrogens is 1. The van der Waals surface area contributed by atoms with Crippen LogP contribution in [0.3, 0.4) is 0 Å². The summed E-state index contributed by atoms with van der Waals surface area (Å²) in [5, 5.41) is 3.01. The van der Waals surface area contributed by atoms with Crippen molar-refractivity contribution >= 4 is 11.6 Å². The number of carbonyl (C=O) groups is 1. The summed E-state index contributed by atoms with van der Waals surface area (Å²) in [7, 11) is 0. The molecule has 2 aromatic rings. The van der Waals surface area contributed by atoms with Gasteiger partial charge in [-0.05, 0) is 31.0 Å². The summed E-state index contributed by atoms with van der Waals surface area (Å²) in [5.74, 6) is 0.286. The number of amides is 1. The molecule has 2 aliphatic heterocycles. The molecule has 0 saturated carbocycles. The number of nitrogens with zero attached hydrogens (tertiary/aromatic N) is 2. The molecule has 2 aromatic heterocycles. The van der Waals surface area contributed by atoms with Crippen LogP contribution in [0.5, 0.6) is 0 Å². The second kappa shape index (κ2) is 7.37. The van der Waals surface area contributed by atoms with Crippen LogP contribution in [0.4, 0.5) is 5.69 Å². The summed E-state index contributed by atoms with van der Waals surface area (Å²) in [6, 6.07) is 5.69. The van der Waals surface area contributed by atoms with Gasteiger partial charge in [-0.1, -0.05) is 0 Å². The number of piperidine rings is 1. The number of ether oxygens (including phenoxy) is 1. The van der Waals surface area contributed by atoms with Crippen LogP contribution in [0.1, 0.15) is 18.4 Å². The molecule has 6 heteroatoms. The van der Waals surface area contributed by atoms with E-state index in [0.717, 1.165) is 38.2 Å². The van der Waals surface area contributed by atoms with Crippen molar-refractivity contribution in [1.82, 2.24) is 9.88 Å². The van der Waals surface area contributed by atoms with E-state index in [2.05, 4.69) is 15.2 Å². The van der Waals surface area contributed by atoms with E-state index in [1.54, 1.807) is 24.9 Å². The average Bonchev–Trinajstić information content (AvgIpc) is 3.15. The Kier molecular flexibility index (Phi) is 4.81. The summed E-state index contributed by atoms with van der Waals surface area (Å²) in [4.78, 5) is 19.3. The smallest absolute Gasteiger partial charge is 0.228 e. The largest absolute Gasteiger partial charge is 0.472 e. The molecule has 4 heterocycles. The molecule has 0 spiro atoms. The number of hydrogen-bond acceptors (Lipinski definition) is 5. The molecule has 0 aliphatic carbocycles. The molecule has 2 aliphatic rings. The second-order valence-corrected chi connectivity index (χ2v) is 6.85. The average molecular weight is 341 g/mol. The normalized spacial score (nSPS) is 26.8. The van der Waals surface area contributed by atoms with Gasteiger partial charge in [0.2, 0.25) is 5.91 Å². The zero-order chi connectivity index (χ0) is 17.1. The summed E-state index contributed by atoms with van der Waals surface area (Å²) in [6.07, 6.45) is 8.80. The lowest BCUT2D eigenvalue weighted by atomic mass is 9.79. The van der Waals surface area contributed by atoms with Crippen molar-refractivity contribution in [2.45, 2.75) is 25.5 Å². The van der Waals surface area contributed by atoms with Crippen LogP contribution in [0.2, 0.25) is 0 Å². The fourth-order valence-corrected chi connectivity index (χ4v) is 3.97. The van der Waals surface area contributed by atoms with Crippen LogP contribution in [0.25, 0.3) is 0 Å². The molecule has 0 unspecified atom stereocenters. The van der Waals surface area contributed by atoms with Gasteiger partial charge in [-0.15, -0.1) is 0 Å². The number of nitrogens with one attached hydrogen (secondary N) is 1. The van der Waals surface area contributed by atoms with Crippen LogP contribution < -0.4 is 5.32 Å². The number of likely N-dealkylation sites (tertiary alicyclic amines) is 1. The quantitative estimate of drug-likeness (QED) is 0.926. The molecule has 25 heavy (non-hydrogen) atoms. The molecule has 3 atom stereocenters. The Morgan fingerprint density at radius 1 is 1.36 bits per heavy atom. The van der Waals surface area contributed by atoms with Crippen molar-refractivity contribution in [3.8, 4) is 0 Å². The molecule has 2 saturated heterocycles. The fraction of sp³-hybridized carbons (Fsp3) is 0.474. The number of rotatable bonds is 4. The van der Waals surface area contributed by atoms with Crippen LogP contribution >= 0.6 is 0 Å². The van der Waals surface area contributed by atoms with E-state index >= 15 is 0 Å². The van der Waals surface area contributed by atoms with Crippen molar-refractivity contribution in [2.24, 2.45) is 11.8 Å². The second-order valence-electron chi connectivity index (χ2n) is 6.85. The molecule has 2 fully saturated rings. The van der Waals surface area contributed by atoms with Gasteiger partial charge in [-0.3, -0.25) is 14.7 Å². The van der Waals surface area contributed by atoms with Gasteiger partial charge < -0.3 is 14.5 Å². The van der Waals surface area contributed by atoms with E-state index in [-0.39, 0.29) is 23.8 Å². The Bertz CT molecular complexity index is 689. The molecule has 132 valence electrons. The number of anilines is 1. The van der Waals surface area contributed by atoms with Gasteiger partial charge in [0.15, 0.2) is 0 Å². The van der Waals surface area contributed by atoms with Crippen LogP contribution in [0, 0.1) is 11.8 Å². The van der Waals surface area contributed by atoms with Gasteiger partial charge >= 0.3 is 0 Å². The van der Waals surface area contributed by atoms with Crippen LogP contribution in [-0.2, 0) is 16.1 Å². The lowest BCUT2D eigenvalue weighted by molar-refractivity contribution is -0.137. The Labute approximate surface area is 147 Å². The zero-order valence-electron chi connectivity index (χ0n) is 14.1. The minimum atomic E-state index is -0.0221. The van der Waals surface area contributed by atoms with Gasteiger partial charge in [-0.2, -0.15) is 0 Å². The SMILES string of the molecule is O=C(Nc1cccnc1)[C@@H]1CCO[C@@H]2CCN(Cc3ccoc3)C[C@@H]21. The number of hydrogen-bond donors (Lipinski definition) is 1. The maximum Gasteiger partial charge on any atom is 0.228 e. The van der Waals surface area contributed by atoms with Crippen molar-refractivity contribution < 1.29 is 13.9 Å². The summed E-state index contributed by atoms with van der Waals surface area (Å²) in [5.41, 5.74) is 1.92. The fourth-order valence-electron chi connectivity index (χ4n) is 3.97. The van der Waals surface area contributed by atoms with Gasteiger partial charge in [0.1, 0.15) is 0 Å². The molecule has 0 radical (unpaired) electrons. The van der Waals surface area contributed by atoms with Gasteiger partial charge in [0.25, 0.3) is 0 Å². The zero-order valence-corrected chi connectivity index (χ0v) is 14.1. The highest BCUT2D eigenvalue weighted by molar-refractivity contribution is 5.92. The van der Waals surface area contributed by atoms with E-state index in [9.17, 15) is 4.79 Å². The molecular formula is C19H23N3O3. The van der Waals surface area contributed by atoms with Crippen LogP contribution in [-0.4, -0.2) is 41.6 Å². The third kappa shape index (κ3) is 3.75. The first-order chi connectivity index (χ1) is 12.3. The maximum atomic E-state index is 12.8. The standard InChI is InChI=1S/C19H23N3O3/c23-19(21-15-2-1-6-20-10-15)16-5-9-25-18-3-7-22(12-17(16)18)11-14-4-8-24-13-14/h1-2,4,6,8,10,13,16-18H,3,5,7,9,11-12H2,(H,21,23)/t16-,17-,18-/m1/s1. The highest BCUT2D eigenvalue weighted by Crippen LogP contribution is 2.34. The summed E-state index contributed by atoms with van der Waals surface area (Å²) < 4.78 is 11.1. The number of furan rings is 1. The Morgan fingerprint density at radius 2 is 2.32 bits per heavy atom. The molecule has 6 nitrogen and oxygen atoms in total. The van der Waals surface area contributed by atoms with E-state index in [1.807, 2.05) is 18.2 Å². The molecule has 1 N–H and O–H groups in total. The Hall–Kier alpha value is -2.18. The van der Waals surface area contributed by atoms with E-state index in [1.165, 1.54) is 5.56 Å². The third-order valence-corrected chi connectivity index (χ3v) is 5.21. The molecule has 0 aromatic carbocycles. The minimum Gasteiger partial charge on any atom is -0.472 e. The van der Waals surface area contributed by atoms with Crippen molar-refractivity contribution in [2.75, 3.05) is 25.0 Å².